The molecule has 128 valence electrons. The van der Waals surface area contributed by atoms with E-state index in [9.17, 15) is 10.1 Å². The number of nitrogens with zero attached hydrogens (tertiary/aromatic N) is 3. The molecule has 7 heteroatoms. The van der Waals surface area contributed by atoms with Crippen molar-refractivity contribution in [3.05, 3.63) is 82.4 Å². The lowest BCUT2D eigenvalue weighted by atomic mass is 10.0. The third-order valence-electron chi connectivity index (χ3n) is 4.04. The number of fused-ring (bicyclic) bond motifs is 1. The van der Waals surface area contributed by atoms with Gasteiger partial charge in [0.2, 0.25) is 5.13 Å². The average Bonchev–Trinajstić information content (AvgIpc) is 3.15. The van der Waals surface area contributed by atoms with Crippen molar-refractivity contribution in [3.63, 3.8) is 0 Å². The third kappa shape index (κ3) is 3.25. The molecule has 0 aliphatic heterocycles. The van der Waals surface area contributed by atoms with Crippen LogP contribution in [-0.4, -0.2) is 15.1 Å². The molecule has 1 N–H and O–H groups in total. The Morgan fingerprint density at radius 1 is 1.00 bits per heavy atom. The summed E-state index contributed by atoms with van der Waals surface area (Å²) in [5, 5.41) is 26.2. The molecule has 0 atom stereocenters. The summed E-state index contributed by atoms with van der Waals surface area (Å²) in [7, 11) is 0. The maximum atomic E-state index is 10.9. The van der Waals surface area contributed by atoms with Crippen molar-refractivity contribution in [1.29, 1.82) is 0 Å². The van der Waals surface area contributed by atoms with E-state index in [4.69, 9.17) is 0 Å². The zero-order valence-corrected chi connectivity index (χ0v) is 14.4. The topological polar surface area (TPSA) is 81.0 Å². The van der Waals surface area contributed by atoms with Gasteiger partial charge in [-0.15, -0.1) is 10.2 Å². The summed E-state index contributed by atoms with van der Waals surface area (Å²) in [6.07, 6.45) is 0. The van der Waals surface area contributed by atoms with Crippen LogP contribution in [0.2, 0.25) is 0 Å². The van der Waals surface area contributed by atoms with Crippen LogP contribution in [0.25, 0.3) is 21.3 Å². The van der Waals surface area contributed by atoms with Crippen LogP contribution >= 0.6 is 11.3 Å². The second-order valence-corrected chi connectivity index (χ2v) is 6.69. The van der Waals surface area contributed by atoms with E-state index in [1.54, 1.807) is 12.1 Å². The van der Waals surface area contributed by atoms with Gasteiger partial charge in [-0.05, 0) is 16.3 Å². The highest BCUT2D eigenvalue weighted by molar-refractivity contribution is 7.18. The Hall–Kier alpha value is -3.32. The normalized spacial score (nSPS) is 10.8. The first kappa shape index (κ1) is 16.2. The zero-order chi connectivity index (χ0) is 17.9. The third-order valence-corrected chi connectivity index (χ3v) is 4.97. The lowest BCUT2D eigenvalue weighted by Gasteiger charge is -2.06. The summed E-state index contributed by atoms with van der Waals surface area (Å²) < 4.78 is 0. The molecule has 0 bridgehead atoms. The molecule has 0 spiro atoms. The van der Waals surface area contributed by atoms with Gasteiger partial charge in [-0.2, -0.15) is 0 Å². The molecule has 4 rings (SSSR count). The summed E-state index contributed by atoms with van der Waals surface area (Å²) in [5.41, 5.74) is 1.91. The monoisotopic (exact) mass is 362 g/mol. The van der Waals surface area contributed by atoms with Gasteiger partial charge in [0.05, 0.1) is 4.92 Å². The Kier molecular flexibility index (Phi) is 4.28. The van der Waals surface area contributed by atoms with E-state index in [1.807, 2.05) is 18.2 Å². The van der Waals surface area contributed by atoms with Crippen molar-refractivity contribution in [2.24, 2.45) is 0 Å². The minimum absolute atomic E-state index is 0.0444. The van der Waals surface area contributed by atoms with Gasteiger partial charge in [0.1, 0.15) is 5.01 Å². The Morgan fingerprint density at radius 3 is 2.69 bits per heavy atom. The highest BCUT2D eigenvalue weighted by atomic mass is 32.1. The fourth-order valence-electron chi connectivity index (χ4n) is 2.78. The average molecular weight is 362 g/mol. The second-order valence-electron chi connectivity index (χ2n) is 5.71. The highest BCUT2D eigenvalue weighted by Crippen LogP contribution is 2.29. The number of nitrogens with one attached hydrogen (secondary N) is 1. The molecular formula is C19H14N4O2S. The predicted octanol–water partition coefficient (Wildman–Crippen LogP) is 4.88. The molecule has 4 aromatic rings. The summed E-state index contributed by atoms with van der Waals surface area (Å²) in [6, 6.07) is 20.9. The van der Waals surface area contributed by atoms with E-state index in [0.29, 0.717) is 22.2 Å². The van der Waals surface area contributed by atoms with Crippen LogP contribution in [0, 0.1) is 10.1 Å². The Labute approximate surface area is 153 Å². The van der Waals surface area contributed by atoms with Crippen LogP contribution in [-0.2, 0) is 6.54 Å². The SMILES string of the molecule is O=[N+]([O-])c1cccc(-c2nnc(NCc3cccc4ccccc34)s2)c1. The van der Waals surface area contributed by atoms with E-state index in [2.05, 4.69) is 39.8 Å². The van der Waals surface area contributed by atoms with Crippen LogP contribution in [0.15, 0.2) is 66.7 Å². The van der Waals surface area contributed by atoms with Gasteiger partial charge in [-0.25, -0.2) is 0 Å². The number of hydrogen-bond acceptors (Lipinski definition) is 6. The van der Waals surface area contributed by atoms with Crippen molar-refractivity contribution >= 4 is 32.9 Å². The number of hydrogen-bond donors (Lipinski definition) is 1. The first-order chi connectivity index (χ1) is 12.7. The van der Waals surface area contributed by atoms with Crippen LogP contribution in [0.1, 0.15) is 5.56 Å². The number of non-ortho nitro benzene ring substituents is 1. The van der Waals surface area contributed by atoms with E-state index in [1.165, 1.54) is 39.8 Å². The Balaban J connectivity index is 1.54. The standard InChI is InChI=1S/C19H14N4O2S/c24-23(25)16-9-4-7-14(11-16)18-21-22-19(26-18)20-12-15-8-3-6-13-5-1-2-10-17(13)15/h1-11H,12H2,(H,20,22). The number of anilines is 1. The van der Waals surface area contributed by atoms with E-state index >= 15 is 0 Å². The van der Waals surface area contributed by atoms with Gasteiger partial charge in [0, 0.05) is 24.2 Å². The minimum Gasteiger partial charge on any atom is -0.356 e. The molecule has 1 heterocycles. The van der Waals surface area contributed by atoms with E-state index in [0.717, 1.165) is 0 Å². The van der Waals surface area contributed by atoms with Gasteiger partial charge in [0.15, 0.2) is 0 Å². The molecule has 0 amide bonds. The van der Waals surface area contributed by atoms with Gasteiger partial charge in [-0.3, -0.25) is 10.1 Å². The molecule has 0 saturated carbocycles. The quantitative estimate of drug-likeness (QED) is 0.404. The largest absolute Gasteiger partial charge is 0.356 e. The second kappa shape index (κ2) is 6.89. The Morgan fingerprint density at radius 2 is 1.81 bits per heavy atom. The number of nitro benzene ring substituents is 1. The number of benzene rings is 3. The molecular weight excluding hydrogens is 348 g/mol. The van der Waals surface area contributed by atoms with Crippen LogP contribution in [0.5, 0.6) is 0 Å². The maximum Gasteiger partial charge on any atom is 0.270 e. The molecule has 1 aromatic heterocycles. The first-order valence-electron chi connectivity index (χ1n) is 7.99. The highest BCUT2D eigenvalue weighted by Gasteiger charge is 2.11. The van der Waals surface area contributed by atoms with Crippen LogP contribution in [0.4, 0.5) is 10.8 Å². The zero-order valence-electron chi connectivity index (χ0n) is 13.6. The Bertz CT molecular complexity index is 1090. The molecule has 0 radical (unpaired) electrons. The number of aromatic nitrogens is 2. The predicted molar refractivity (Wildman–Crippen MR) is 103 cm³/mol. The number of nitro groups is 1. The molecule has 0 unspecified atom stereocenters. The van der Waals surface area contributed by atoms with Crippen molar-refractivity contribution in [1.82, 2.24) is 10.2 Å². The van der Waals surface area contributed by atoms with E-state index in [-0.39, 0.29) is 5.69 Å². The first-order valence-corrected chi connectivity index (χ1v) is 8.81. The molecule has 6 nitrogen and oxygen atoms in total. The van der Waals surface area contributed by atoms with Crippen molar-refractivity contribution < 1.29 is 4.92 Å². The smallest absolute Gasteiger partial charge is 0.270 e. The minimum atomic E-state index is -0.412. The lowest BCUT2D eigenvalue weighted by molar-refractivity contribution is -0.384. The lowest BCUT2D eigenvalue weighted by Crippen LogP contribution is -1.99. The van der Waals surface area contributed by atoms with Crippen molar-refractivity contribution in [2.45, 2.75) is 6.54 Å². The molecule has 0 fully saturated rings. The summed E-state index contributed by atoms with van der Waals surface area (Å²) in [5.74, 6) is 0. The van der Waals surface area contributed by atoms with Crippen molar-refractivity contribution in [3.8, 4) is 10.6 Å². The van der Waals surface area contributed by atoms with Gasteiger partial charge < -0.3 is 5.32 Å². The molecule has 0 aliphatic rings. The van der Waals surface area contributed by atoms with Crippen LogP contribution in [0.3, 0.4) is 0 Å². The van der Waals surface area contributed by atoms with E-state index < -0.39 is 4.92 Å². The van der Waals surface area contributed by atoms with Crippen molar-refractivity contribution in [2.75, 3.05) is 5.32 Å². The molecule has 3 aromatic carbocycles. The maximum absolute atomic E-state index is 10.9. The summed E-state index contributed by atoms with van der Waals surface area (Å²) in [4.78, 5) is 10.5. The van der Waals surface area contributed by atoms with Crippen LogP contribution < -0.4 is 5.32 Å². The van der Waals surface area contributed by atoms with Gasteiger partial charge in [0.25, 0.3) is 5.69 Å². The summed E-state index contributed by atoms with van der Waals surface area (Å²) in [6.45, 7) is 0.630. The van der Waals surface area contributed by atoms with Gasteiger partial charge in [-0.1, -0.05) is 65.9 Å². The fourth-order valence-corrected chi connectivity index (χ4v) is 3.52. The fraction of sp³-hybridized carbons (Fsp3) is 0.0526. The van der Waals surface area contributed by atoms with Gasteiger partial charge >= 0.3 is 0 Å². The summed E-state index contributed by atoms with van der Waals surface area (Å²) >= 11 is 1.38. The molecule has 26 heavy (non-hydrogen) atoms. The molecule has 0 aliphatic carbocycles. The number of rotatable bonds is 5. The molecule has 0 saturated heterocycles.